The normalized spacial score (nSPS) is 15.8. The molecule has 0 aliphatic carbocycles. The Kier molecular flexibility index (Phi) is 3.73. The van der Waals surface area contributed by atoms with Crippen LogP contribution in [0.4, 0.5) is 11.4 Å². The summed E-state index contributed by atoms with van der Waals surface area (Å²) in [7, 11) is 0. The van der Waals surface area contributed by atoms with Crippen LogP contribution in [0.15, 0.2) is 47.6 Å². The molecule has 0 saturated carbocycles. The van der Waals surface area contributed by atoms with Gasteiger partial charge in [0, 0.05) is 36.5 Å². The molecule has 0 unspecified atom stereocenters. The standard InChI is InChI=1S/C20H18N4O/c1-14-9-12-24(22-14)17-7-5-15(6-8-17)20(25)23-11-10-18-16(13-21)3-2-4-19(18)23/h2-8H,9-12H2,1H3. The highest BCUT2D eigenvalue weighted by Crippen LogP contribution is 2.32. The van der Waals surface area contributed by atoms with Crippen LogP contribution in [-0.4, -0.2) is 24.7 Å². The zero-order valence-electron chi connectivity index (χ0n) is 14.1. The van der Waals surface area contributed by atoms with E-state index in [2.05, 4.69) is 11.2 Å². The lowest BCUT2D eigenvalue weighted by molar-refractivity contribution is 0.0989. The van der Waals surface area contributed by atoms with Gasteiger partial charge in [-0.2, -0.15) is 10.4 Å². The highest BCUT2D eigenvalue weighted by Gasteiger charge is 2.27. The van der Waals surface area contributed by atoms with E-state index in [-0.39, 0.29) is 5.91 Å². The summed E-state index contributed by atoms with van der Waals surface area (Å²) in [5, 5.41) is 15.7. The predicted octanol–water partition coefficient (Wildman–Crippen LogP) is 3.35. The number of fused-ring (bicyclic) bond motifs is 1. The topological polar surface area (TPSA) is 59.7 Å². The van der Waals surface area contributed by atoms with E-state index in [0.717, 1.165) is 42.0 Å². The van der Waals surface area contributed by atoms with Crippen molar-refractivity contribution >= 4 is 23.0 Å². The van der Waals surface area contributed by atoms with Gasteiger partial charge in [-0.25, -0.2) is 0 Å². The van der Waals surface area contributed by atoms with Crippen molar-refractivity contribution in [1.29, 1.82) is 5.26 Å². The van der Waals surface area contributed by atoms with E-state index in [1.807, 2.05) is 48.3 Å². The van der Waals surface area contributed by atoms with Gasteiger partial charge in [-0.15, -0.1) is 0 Å². The molecule has 5 heteroatoms. The molecule has 0 fully saturated rings. The number of anilines is 2. The second-order valence-electron chi connectivity index (χ2n) is 6.38. The molecule has 25 heavy (non-hydrogen) atoms. The molecule has 2 aromatic rings. The minimum atomic E-state index is -0.0264. The molecule has 0 bridgehead atoms. The second-order valence-corrected chi connectivity index (χ2v) is 6.38. The van der Waals surface area contributed by atoms with E-state index in [9.17, 15) is 10.1 Å². The van der Waals surface area contributed by atoms with Crippen molar-refractivity contribution in [2.24, 2.45) is 5.10 Å². The summed E-state index contributed by atoms with van der Waals surface area (Å²) in [5.41, 5.74) is 5.26. The Balaban J connectivity index is 1.58. The van der Waals surface area contributed by atoms with Crippen molar-refractivity contribution in [2.45, 2.75) is 19.8 Å². The number of hydrogen-bond acceptors (Lipinski definition) is 4. The van der Waals surface area contributed by atoms with Crippen molar-refractivity contribution in [3.05, 3.63) is 59.2 Å². The Morgan fingerprint density at radius 2 is 1.92 bits per heavy atom. The minimum Gasteiger partial charge on any atom is -0.308 e. The van der Waals surface area contributed by atoms with Gasteiger partial charge in [0.25, 0.3) is 5.91 Å². The summed E-state index contributed by atoms with van der Waals surface area (Å²) in [6.07, 6.45) is 1.71. The van der Waals surface area contributed by atoms with Gasteiger partial charge in [0.15, 0.2) is 0 Å². The molecular formula is C20H18N4O. The first kappa shape index (κ1) is 15.4. The van der Waals surface area contributed by atoms with E-state index < -0.39 is 0 Å². The third-order valence-corrected chi connectivity index (χ3v) is 4.78. The van der Waals surface area contributed by atoms with Crippen LogP contribution in [0.1, 0.15) is 34.8 Å². The van der Waals surface area contributed by atoms with Crippen LogP contribution < -0.4 is 9.91 Å². The average Bonchev–Trinajstić information content (AvgIpc) is 3.27. The first-order valence-electron chi connectivity index (χ1n) is 8.43. The van der Waals surface area contributed by atoms with Crippen molar-refractivity contribution in [2.75, 3.05) is 23.0 Å². The lowest BCUT2D eigenvalue weighted by Crippen LogP contribution is -2.28. The predicted molar refractivity (Wildman–Crippen MR) is 98.1 cm³/mol. The highest BCUT2D eigenvalue weighted by atomic mass is 16.2. The molecule has 0 atom stereocenters. The van der Waals surface area contributed by atoms with Crippen LogP contribution in [0.3, 0.4) is 0 Å². The maximum Gasteiger partial charge on any atom is 0.258 e. The fourth-order valence-corrected chi connectivity index (χ4v) is 3.44. The summed E-state index contributed by atoms with van der Waals surface area (Å²) in [4.78, 5) is 14.7. The van der Waals surface area contributed by atoms with Crippen molar-refractivity contribution in [3.63, 3.8) is 0 Å². The maximum atomic E-state index is 12.9. The molecule has 2 aromatic carbocycles. The van der Waals surface area contributed by atoms with Crippen LogP contribution in [0.5, 0.6) is 0 Å². The first-order valence-corrected chi connectivity index (χ1v) is 8.43. The number of carbonyl (C=O) groups is 1. The maximum absolute atomic E-state index is 12.9. The van der Waals surface area contributed by atoms with Crippen molar-refractivity contribution < 1.29 is 4.79 Å². The van der Waals surface area contributed by atoms with Gasteiger partial charge in [0.2, 0.25) is 0 Å². The lowest BCUT2D eigenvalue weighted by atomic mass is 10.1. The molecule has 0 radical (unpaired) electrons. The zero-order valence-corrected chi connectivity index (χ0v) is 14.1. The summed E-state index contributed by atoms with van der Waals surface area (Å²) >= 11 is 0. The molecule has 1 amide bonds. The Labute approximate surface area is 146 Å². The Bertz CT molecular complexity index is 908. The van der Waals surface area contributed by atoms with E-state index in [0.29, 0.717) is 17.7 Å². The van der Waals surface area contributed by atoms with Crippen molar-refractivity contribution in [1.82, 2.24) is 0 Å². The molecule has 0 spiro atoms. The lowest BCUT2D eigenvalue weighted by Gasteiger charge is -2.18. The second kappa shape index (κ2) is 6.06. The number of hydrazone groups is 1. The third-order valence-electron chi connectivity index (χ3n) is 4.78. The summed E-state index contributed by atoms with van der Waals surface area (Å²) in [6, 6.07) is 15.4. The number of carbonyl (C=O) groups excluding carboxylic acids is 1. The van der Waals surface area contributed by atoms with Crippen LogP contribution in [-0.2, 0) is 6.42 Å². The van der Waals surface area contributed by atoms with Crippen LogP contribution in [0.25, 0.3) is 0 Å². The number of nitriles is 1. The Morgan fingerprint density at radius 1 is 1.12 bits per heavy atom. The Morgan fingerprint density at radius 3 is 2.60 bits per heavy atom. The number of hydrogen-bond donors (Lipinski definition) is 0. The summed E-state index contributed by atoms with van der Waals surface area (Å²) < 4.78 is 0. The number of benzene rings is 2. The van der Waals surface area contributed by atoms with Gasteiger partial charge in [-0.1, -0.05) is 6.07 Å². The van der Waals surface area contributed by atoms with E-state index in [1.165, 1.54) is 0 Å². The molecule has 0 aromatic heterocycles. The number of nitrogens with zero attached hydrogens (tertiary/aromatic N) is 4. The van der Waals surface area contributed by atoms with E-state index in [1.54, 1.807) is 11.0 Å². The quantitative estimate of drug-likeness (QED) is 0.848. The molecule has 0 saturated heterocycles. The summed E-state index contributed by atoms with van der Waals surface area (Å²) in [5.74, 6) is -0.0264. The largest absolute Gasteiger partial charge is 0.308 e. The van der Waals surface area contributed by atoms with E-state index >= 15 is 0 Å². The van der Waals surface area contributed by atoms with Gasteiger partial charge in [-0.05, 0) is 55.3 Å². The van der Waals surface area contributed by atoms with Gasteiger partial charge < -0.3 is 4.90 Å². The molecule has 2 aliphatic heterocycles. The molecule has 2 heterocycles. The van der Waals surface area contributed by atoms with E-state index in [4.69, 9.17) is 0 Å². The SMILES string of the molecule is CC1=NN(c2ccc(C(=O)N3CCc4c(C#N)cccc43)cc2)CC1. The first-order chi connectivity index (χ1) is 12.2. The average molecular weight is 330 g/mol. The zero-order chi connectivity index (χ0) is 17.4. The minimum absolute atomic E-state index is 0.0264. The van der Waals surface area contributed by atoms with Gasteiger partial charge in [-0.3, -0.25) is 9.80 Å². The van der Waals surface area contributed by atoms with Crippen LogP contribution in [0, 0.1) is 11.3 Å². The van der Waals surface area contributed by atoms with Gasteiger partial charge in [0.05, 0.1) is 17.3 Å². The molecule has 0 N–H and O–H groups in total. The van der Waals surface area contributed by atoms with Crippen LogP contribution in [0.2, 0.25) is 0 Å². The van der Waals surface area contributed by atoms with Gasteiger partial charge >= 0.3 is 0 Å². The highest BCUT2D eigenvalue weighted by molar-refractivity contribution is 6.07. The number of rotatable bonds is 2. The van der Waals surface area contributed by atoms with Gasteiger partial charge in [0.1, 0.15) is 0 Å². The Hall–Kier alpha value is -3.13. The third kappa shape index (κ3) is 2.66. The summed E-state index contributed by atoms with van der Waals surface area (Å²) in [6.45, 7) is 3.53. The monoisotopic (exact) mass is 330 g/mol. The molecule has 4 rings (SSSR count). The van der Waals surface area contributed by atoms with Crippen LogP contribution >= 0.6 is 0 Å². The molecule has 2 aliphatic rings. The fraction of sp³-hybridized carbons (Fsp3) is 0.250. The molecule has 124 valence electrons. The molecule has 5 nitrogen and oxygen atoms in total. The molecular weight excluding hydrogens is 312 g/mol. The number of amides is 1. The fourth-order valence-electron chi connectivity index (χ4n) is 3.44. The van der Waals surface area contributed by atoms with Crippen molar-refractivity contribution in [3.8, 4) is 6.07 Å². The smallest absolute Gasteiger partial charge is 0.258 e.